The number of ether oxygens (including phenoxy) is 4. The second-order valence-electron chi connectivity index (χ2n) is 5.61. The fraction of sp³-hybridized carbons (Fsp3) is 0.278. The summed E-state index contributed by atoms with van der Waals surface area (Å²) >= 11 is 1.59. The Balaban J connectivity index is 1.88. The Morgan fingerprint density at radius 1 is 1.08 bits per heavy atom. The Morgan fingerprint density at radius 3 is 2.52 bits per heavy atom. The number of hydrogen-bond acceptors (Lipinski definition) is 6. The van der Waals surface area contributed by atoms with Gasteiger partial charge in [0.1, 0.15) is 24.7 Å². The highest BCUT2D eigenvalue weighted by molar-refractivity contribution is 7.14. The van der Waals surface area contributed by atoms with Crippen LogP contribution < -0.4 is 18.9 Å². The maximum atomic E-state index is 5.85. The van der Waals surface area contributed by atoms with Gasteiger partial charge in [-0.05, 0) is 12.1 Å². The predicted octanol–water partition coefficient (Wildman–Crippen LogP) is 3.60. The van der Waals surface area contributed by atoms with Crippen LogP contribution in [0, 0.1) is 0 Å². The third-order valence-corrected chi connectivity index (χ3v) is 5.02. The van der Waals surface area contributed by atoms with Crippen LogP contribution in [0.15, 0.2) is 29.9 Å². The SMILES string of the molecule is COc1cc(OC)cc(-c2ncn(C)c2-c2scc3c2OCCO3)c1. The van der Waals surface area contributed by atoms with Gasteiger partial charge in [-0.2, -0.15) is 0 Å². The highest BCUT2D eigenvalue weighted by Crippen LogP contribution is 2.48. The summed E-state index contributed by atoms with van der Waals surface area (Å²) < 4.78 is 24.3. The molecule has 1 aromatic carbocycles. The molecule has 3 aromatic rings. The second-order valence-corrected chi connectivity index (χ2v) is 6.49. The molecule has 1 aliphatic rings. The highest BCUT2D eigenvalue weighted by Gasteiger charge is 2.25. The average molecular weight is 358 g/mol. The van der Waals surface area contributed by atoms with E-state index < -0.39 is 0 Å². The zero-order chi connectivity index (χ0) is 17.4. The first kappa shape index (κ1) is 15.8. The number of imidazole rings is 1. The molecule has 0 spiro atoms. The quantitative estimate of drug-likeness (QED) is 0.713. The van der Waals surface area contributed by atoms with Crippen molar-refractivity contribution in [2.45, 2.75) is 0 Å². The second kappa shape index (κ2) is 6.33. The van der Waals surface area contributed by atoms with Crippen molar-refractivity contribution >= 4 is 11.3 Å². The molecule has 0 N–H and O–H groups in total. The van der Waals surface area contributed by atoms with Crippen molar-refractivity contribution in [3.63, 3.8) is 0 Å². The van der Waals surface area contributed by atoms with Gasteiger partial charge in [0, 0.05) is 24.1 Å². The van der Waals surface area contributed by atoms with Crippen molar-refractivity contribution < 1.29 is 18.9 Å². The maximum absolute atomic E-state index is 5.85. The average Bonchev–Trinajstić information content (AvgIpc) is 3.24. The number of hydrogen-bond donors (Lipinski definition) is 0. The van der Waals surface area contributed by atoms with Gasteiger partial charge in [-0.3, -0.25) is 0 Å². The number of thiophene rings is 1. The minimum Gasteiger partial charge on any atom is -0.497 e. The Labute approximate surface area is 149 Å². The van der Waals surface area contributed by atoms with E-state index in [1.54, 1.807) is 31.9 Å². The van der Waals surface area contributed by atoms with Crippen molar-refractivity contribution in [2.75, 3.05) is 27.4 Å². The molecule has 7 heteroatoms. The Morgan fingerprint density at radius 2 is 1.80 bits per heavy atom. The molecule has 0 unspecified atom stereocenters. The normalized spacial score (nSPS) is 12.9. The molecular formula is C18H18N2O4S. The van der Waals surface area contributed by atoms with Gasteiger partial charge in [0.2, 0.25) is 0 Å². The van der Waals surface area contributed by atoms with Crippen LogP contribution in [-0.4, -0.2) is 37.0 Å². The van der Waals surface area contributed by atoms with E-state index in [1.165, 1.54) is 0 Å². The topological polar surface area (TPSA) is 54.7 Å². The van der Waals surface area contributed by atoms with Crippen LogP contribution in [0.2, 0.25) is 0 Å². The van der Waals surface area contributed by atoms with Crippen LogP contribution in [0.3, 0.4) is 0 Å². The lowest BCUT2D eigenvalue weighted by Gasteiger charge is -2.16. The number of methoxy groups -OCH3 is 2. The number of benzene rings is 1. The monoisotopic (exact) mass is 358 g/mol. The third-order valence-electron chi connectivity index (χ3n) is 4.08. The number of nitrogens with zero attached hydrogens (tertiary/aromatic N) is 2. The molecule has 4 rings (SSSR count). The minimum absolute atomic E-state index is 0.552. The van der Waals surface area contributed by atoms with E-state index in [0.29, 0.717) is 13.2 Å². The third kappa shape index (κ3) is 2.70. The summed E-state index contributed by atoms with van der Waals surface area (Å²) in [4.78, 5) is 5.61. The molecule has 2 aromatic heterocycles. The van der Waals surface area contributed by atoms with E-state index in [4.69, 9.17) is 18.9 Å². The molecule has 0 fully saturated rings. The van der Waals surface area contributed by atoms with Gasteiger partial charge in [0.15, 0.2) is 11.5 Å². The Kier molecular flexibility index (Phi) is 4.01. The molecule has 3 heterocycles. The van der Waals surface area contributed by atoms with Gasteiger partial charge in [0.25, 0.3) is 0 Å². The molecule has 0 aliphatic carbocycles. The summed E-state index contributed by atoms with van der Waals surface area (Å²) in [5.74, 6) is 3.02. The van der Waals surface area contributed by atoms with Crippen LogP contribution >= 0.6 is 11.3 Å². The smallest absolute Gasteiger partial charge is 0.181 e. The van der Waals surface area contributed by atoms with Crippen LogP contribution in [0.5, 0.6) is 23.0 Å². The van der Waals surface area contributed by atoms with E-state index in [9.17, 15) is 0 Å². The molecule has 1 aliphatic heterocycles. The molecule has 130 valence electrons. The standard InChI is InChI=1S/C18H18N2O4S/c1-20-10-19-15(11-6-12(21-2)8-13(7-11)22-3)16(20)18-17-14(9-25-18)23-4-5-24-17/h6-10H,4-5H2,1-3H3. The predicted molar refractivity (Wildman–Crippen MR) is 96.1 cm³/mol. The minimum atomic E-state index is 0.552. The van der Waals surface area contributed by atoms with Gasteiger partial charge in [-0.15, -0.1) is 11.3 Å². The summed E-state index contributed by atoms with van der Waals surface area (Å²) in [6.45, 7) is 1.13. The molecular weight excluding hydrogens is 340 g/mol. The summed E-state index contributed by atoms with van der Waals surface area (Å²) in [6.07, 6.45) is 1.80. The van der Waals surface area contributed by atoms with Crippen molar-refractivity contribution in [1.29, 1.82) is 0 Å². The van der Waals surface area contributed by atoms with Gasteiger partial charge in [-0.25, -0.2) is 4.98 Å². The summed E-state index contributed by atoms with van der Waals surface area (Å²) in [5.41, 5.74) is 2.75. The number of rotatable bonds is 4. The Hall–Kier alpha value is -2.67. The first-order valence-electron chi connectivity index (χ1n) is 7.83. The first-order valence-corrected chi connectivity index (χ1v) is 8.71. The molecule has 0 atom stereocenters. The summed E-state index contributed by atoms with van der Waals surface area (Å²) in [6, 6.07) is 5.74. The lowest BCUT2D eigenvalue weighted by molar-refractivity contribution is 0.174. The van der Waals surface area contributed by atoms with Crippen molar-refractivity contribution in [3.8, 4) is 44.8 Å². The summed E-state index contributed by atoms with van der Waals surface area (Å²) in [5, 5.41) is 1.98. The summed E-state index contributed by atoms with van der Waals surface area (Å²) in [7, 11) is 5.25. The van der Waals surface area contributed by atoms with Crippen molar-refractivity contribution in [2.24, 2.45) is 7.05 Å². The van der Waals surface area contributed by atoms with Crippen LogP contribution in [0.1, 0.15) is 0 Å². The zero-order valence-corrected chi connectivity index (χ0v) is 15.1. The van der Waals surface area contributed by atoms with Gasteiger partial charge in [-0.1, -0.05) is 0 Å². The Bertz CT molecular complexity index is 894. The molecule has 0 saturated heterocycles. The van der Waals surface area contributed by atoms with Crippen LogP contribution in [0.25, 0.3) is 21.8 Å². The maximum Gasteiger partial charge on any atom is 0.181 e. The van der Waals surface area contributed by atoms with E-state index in [-0.39, 0.29) is 0 Å². The van der Waals surface area contributed by atoms with Gasteiger partial charge in [0.05, 0.1) is 36.8 Å². The van der Waals surface area contributed by atoms with Crippen LogP contribution in [-0.2, 0) is 7.05 Å². The van der Waals surface area contributed by atoms with Crippen LogP contribution in [0.4, 0.5) is 0 Å². The number of aryl methyl sites for hydroxylation is 1. The van der Waals surface area contributed by atoms with E-state index in [2.05, 4.69) is 4.98 Å². The molecule has 0 amide bonds. The highest BCUT2D eigenvalue weighted by atomic mass is 32.1. The first-order chi connectivity index (χ1) is 12.2. The van der Waals surface area contributed by atoms with Crippen molar-refractivity contribution in [3.05, 3.63) is 29.9 Å². The lowest BCUT2D eigenvalue weighted by Crippen LogP contribution is -2.14. The molecule has 25 heavy (non-hydrogen) atoms. The fourth-order valence-electron chi connectivity index (χ4n) is 2.88. The zero-order valence-electron chi connectivity index (χ0n) is 14.2. The van der Waals surface area contributed by atoms with Gasteiger partial charge < -0.3 is 23.5 Å². The van der Waals surface area contributed by atoms with E-state index >= 15 is 0 Å². The number of aromatic nitrogens is 2. The molecule has 0 radical (unpaired) electrons. The van der Waals surface area contributed by atoms with Crippen molar-refractivity contribution in [1.82, 2.24) is 9.55 Å². The lowest BCUT2D eigenvalue weighted by atomic mass is 10.1. The largest absolute Gasteiger partial charge is 0.497 e. The molecule has 6 nitrogen and oxygen atoms in total. The fourth-order valence-corrected chi connectivity index (χ4v) is 3.90. The van der Waals surface area contributed by atoms with Gasteiger partial charge >= 0.3 is 0 Å². The number of fused-ring (bicyclic) bond motifs is 1. The van der Waals surface area contributed by atoms with E-state index in [0.717, 1.165) is 44.8 Å². The van der Waals surface area contributed by atoms with E-state index in [1.807, 2.05) is 35.2 Å². The molecule has 0 saturated carbocycles. The molecule has 0 bridgehead atoms.